The quantitative estimate of drug-likeness (QED) is 0.758. The Hall–Kier alpha value is -1.47. The van der Waals surface area contributed by atoms with Gasteiger partial charge >= 0.3 is 0 Å². The van der Waals surface area contributed by atoms with Crippen LogP contribution in [0, 0.1) is 5.92 Å². The summed E-state index contributed by atoms with van der Waals surface area (Å²) in [4.78, 5) is 12.5. The maximum absolute atomic E-state index is 12.5. The van der Waals surface area contributed by atoms with Crippen LogP contribution in [-0.2, 0) is 14.3 Å². The molecule has 2 aliphatic heterocycles. The predicted molar refractivity (Wildman–Crippen MR) is 86.3 cm³/mol. The molecule has 2 aliphatic rings. The fraction of sp³-hybridized carbons (Fsp3) is 0.588. The Kier molecular flexibility index (Phi) is 5.61. The van der Waals surface area contributed by atoms with Crippen molar-refractivity contribution in [3.63, 3.8) is 0 Å². The Labute approximate surface area is 136 Å². The number of carbonyl (C=O) groups is 1. The Morgan fingerprint density at radius 2 is 2.00 bits per heavy atom. The average molecular weight is 319 g/mol. The maximum atomic E-state index is 12.5. The minimum atomic E-state index is -0.583. The van der Waals surface area contributed by atoms with Gasteiger partial charge in [-0.25, -0.2) is 5.43 Å². The van der Waals surface area contributed by atoms with E-state index >= 15 is 0 Å². The zero-order valence-corrected chi connectivity index (χ0v) is 13.5. The summed E-state index contributed by atoms with van der Waals surface area (Å²) in [6.07, 6.45) is 2.37. The summed E-state index contributed by atoms with van der Waals surface area (Å²) in [5.41, 5.74) is 7.36. The van der Waals surface area contributed by atoms with Gasteiger partial charge in [0, 0.05) is 26.4 Å². The minimum Gasteiger partial charge on any atom is -0.381 e. The van der Waals surface area contributed by atoms with Crippen molar-refractivity contribution in [1.82, 2.24) is 16.2 Å². The van der Waals surface area contributed by atoms with Gasteiger partial charge in [0.1, 0.15) is 0 Å². The highest BCUT2D eigenvalue weighted by Gasteiger charge is 2.33. The van der Waals surface area contributed by atoms with Gasteiger partial charge in [0.2, 0.25) is 0 Å². The topological polar surface area (TPSA) is 71.6 Å². The van der Waals surface area contributed by atoms with E-state index in [1.807, 2.05) is 30.3 Å². The monoisotopic (exact) mass is 319 g/mol. The Bertz CT molecular complexity index is 505. The second kappa shape index (κ2) is 7.88. The lowest BCUT2D eigenvalue weighted by atomic mass is 9.90. The van der Waals surface area contributed by atoms with E-state index in [0.29, 0.717) is 12.0 Å². The summed E-state index contributed by atoms with van der Waals surface area (Å²) in [5.74, 6) is 0.483. The molecule has 1 aromatic carbocycles. The van der Waals surface area contributed by atoms with E-state index in [0.717, 1.165) is 38.0 Å². The van der Waals surface area contributed by atoms with Crippen LogP contribution in [-0.4, -0.2) is 38.4 Å². The molecule has 2 saturated heterocycles. The molecule has 126 valence electrons. The number of hydrazine groups is 1. The molecular formula is C17H25N3O3. The van der Waals surface area contributed by atoms with Gasteiger partial charge in [-0.3, -0.25) is 10.2 Å². The molecule has 23 heavy (non-hydrogen) atoms. The standard InChI is InChI=1S/C17H25N3O3/c1-22-16(13-5-3-2-4-6-13)17(21)18-15-11-14(19-20-15)12-7-9-23-10-8-12/h2-6,12,14-16,19-20H,7-11H2,1H3,(H,18,21)/t14?,15?,16-/m1/s1. The molecule has 0 radical (unpaired) electrons. The summed E-state index contributed by atoms with van der Waals surface area (Å²) in [5, 5.41) is 3.03. The molecule has 3 atom stereocenters. The lowest BCUT2D eigenvalue weighted by Gasteiger charge is -2.27. The molecule has 0 aromatic heterocycles. The van der Waals surface area contributed by atoms with Crippen molar-refractivity contribution in [3.8, 4) is 0 Å². The Balaban J connectivity index is 1.53. The lowest BCUT2D eigenvalue weighted by molar-refractivity contribution is -0.132. The minimum absolute atomic E-state index is 0.0725. The first-order chi connectivity index (χ1) is 11.3. The highest BCUT2D eigenvalue weighted by atomic mass is 16.5. The third-order valence-corrected chi connectivity index (χ3v) is 4.66. The second-order valence-electron chi connectivity index (χ2n) is 6.17. The molecular weight excluding hydrogens is 294 g/mol. The van der Waals surface area contributed by atoms with Gasteiger partial charge in [-0.05, 0) is 30.7 Å². The smallest absolute Gasteiger partial charge is 0.255 e. The largest absolute Gasteiger partial charge is 0.381 e. The van der Waals surface area contributed by atoms with E-state index in [2.05, 4.69) is 16.2 Å². The number of hydrogen-bond donors (Lipinski definition) is 3. The summed E-state index contributed by atoms with van der Waals surface area (Å²) in [6, 6.07) is 9.92. The third-order valence-electron chi connectivity index (χ3n) is 4.66. The van der Waals surface area contributed by atoms with Crippen molar-refractivity contribution in [2.45, 2.75) is 37.6 Å². The molecule has 1 aromatic rings. The fourth-order valence-corrected chi connectivity index (χ4v) is 3.37. The normalized spacial score (nSPS) is 26.8. The molecule has 0 saturated carbocycles. The second-order valence-corrected chi connectivity index (χ2v) is 6.17. The van der Waals surface area contributed by atoms with Crippen LogP contribution in [0.2, 0.25) is 0 Å². The zero-order valence-electron chi connectivity index (χ0n) is 13.5. The van der Waals surface area contributed by atoms with Crippen LogP contribution >= 0.6 is 0 Å². The number of methoxy groups -OCH3 is 1. The van der Waals surface area contributed by atoms with Crippen molar-refractivity contribution in [1.29, 1.82) is 0 Å². The van der Waals surface area contributed by atoms with Crippen LogP contribution < -0.4 is 16.2 Å². The molecule has 2 unspecified atom stereocenters. The van der Waals surface area contributed by atoms with E-state index in [1.165, 1.54) is 0 Å². The van der Waals surface area contributed by atoms with Crippen molar-refractivity contribution in [2.75, 3.05) is 20.3 Å². The first-order valence-corrected chi connectivity index (χ1v) is 8.25. The van der Waals surface area contributed by atoms with Crippen molar-refractivity contribution in [3.05, 3.63) is 35.9 Å². The van der Waals surface area contributed by atoms with Crippen LogP contribution in [0.25, 0.3) is 0 Å². The first kappa shape index (κ1) is 16.4. The van der Waals surface area contributed by atoms with Crippen LogP contribution in [0.4, 0.5) is 0 Å². The SMILES string of the molecule is CO[C@@H](C(=O)NC1CC(C2CCOCC2)NN1)c1ccccc1. The number of benzene rings is 1. The van der Waals surface area contributed by atoms with Gasteiger partial charge in [-0.15, -0.1) is 0 Å². The van der Waals surface area contributed by atoms with E-state index in [-0.39, 0.29) is 12.1 Å². The van der Waals surface area contributed by atoms with E-state index < -0.39 is 6.10 Å². The number of nitrogens with one attached hydrogen (secondary N) is 3. The van der Waals surface area contributed by atoms with Gasteiger partial charge in [-0.2, -0.15) is 0 Å². The number of carbonyl (C=O) groups excluding carboxylic acids is 1. The first-order valence-electron chi connectivity index (χ1n) is 8.25. The van der Waals surface area contributed by atoms with Crippen molar-refractivity contribution >= 4 is 5.91 Å². The Morgan fingerprint density at radius 1 is 1.26 bits per heavy atom. The van der Waals surface area contributed by atoms with Gasteiger partial charge in [-0.1, -0.05) is 30.3 Å². The summed E-state index contributed by atoms with van der Waals surface area (Å²) in [6.45, 7) is 1.67. The summed E-state index contributed by atoms with van der Waals surface area (Å²) >= 11 is 0. The molecule has 1 amide bonds. The Morgan fingerprint density at radius 3 is 2.70 bits per heavy atom. The number of amides is 1. The fourth-order valence-electron chi connectivity index (χ4n) is 3.37. The number of rotatable bonds is 5. The molecule has 0 bridgehead atoms. The van der Waals surface area contributed by atoms with E-state index in [4.69, 9.17) is 9.47 Å². The molecule has 0 spiro atoms. The summed E-state index contributed by atoms with van der Waals surface area (Å²) in [7, 11) is 1.56. The van der Waals surface area contributed by atoms with E-state index in [9.17, 15) is 4.79 Å². The molecule has 3 N–H and O–H groups in total. The van der Waals surface area contributed by atoms with Crippen LogP contribution in [0.3, 0.4) is 0 Å². The molecule has 2 fully saturated rings. The van der Waals surface area contributed by atoms with Gasteiger partial charge in [0.15, 0.2) is 6.10 Å². The number of ether oxygens (including phenoxy) is 2. The van der Waals surface area contributed by atoms with Crippen LogP contribution in [0.1, 0.15) is 30.9 Å². The van der Waals surface area contributed by atoms with Crippen molar-refractivity contribution < 1.29 is 14.3 Å². The lowest BCUT2D eigenvalue weighted by Crippen LogP contribution is -2.46. The van der Waals surface area contributed by atoms with Gasteiger partial charge in [0.05, 0.1) is 6.17 Å². The number of hydrogen-bond acceptors (Lipinski definition) is 5. The average Bonchev–Trinajstić information content (AvgIpc) is 3.06. The van der Waals surface area contributed by atoms with Crippen molar-refractivity contribution in [2.24, 2.45) is 5.92 Å². The van der Waals surface area contributed by atoms with Crippen LogP contribution in [0.15, 0.2) is 30.3 Å². The zero-order chi connectivity index (χ0) is 16.1. The molecule has 6 nitrogen and oxygen atoms in total. The molecule has 2 heterocycles. The van der Waals surface area contributed by atoms with Gasteiger partial charge < -0.3 is 14.8 Å². The highest BCUT2D eigenvalue weighted by Crippen LogP contribution is 2.24. The predicted octanol–water partition coefficient (Wildman–Crippen LogP) is 1.11. The molecule has 0 aliphatic carbocycles. The summed E-state index contributed by atoms with van der Waals surface area (Å²) < 4.78 is 10.8. The van der Waals surface area contributed by atoms with Crippen LogP contribution in [0.5, 0.6) is 0 Å². The van der Waals surface area contributed by atoms with Gasteiger partial charge in [0.25, 0.3) is 5.91 Å². The third kappa shape index (κ3) is 4.09. The van der Waals surface area contributed by atoms with E-state index in [1.54, 1.807) is 7.11 Å². The molecule has 6 heteroatoms. The molecule has 3 rings (SSSR count). The highest BCUT2D eigenvalue weighted by molar-refractivity contribution is 5.82. The maximum Gasteiger partial charge on any atom is 0.255 e.